The van der Waals surface area contributed by atoms with Crippen molar-refractivity contribution in [2.75, 3.05) is 163 Å². The molecule has 0 radical (unpaired) electrons. The predicted molar refractivity (Wildman–Crippen MR) is 563 cm³/mol. The number of esters is 1. The van der Waals surface area contributed by atoms with Gasteiger partial charge >= 0.3 is 24.0 Å². The number of morpholine rings is 3. The van der Waals surface area contributed by atoms with E-state index in [4.69, 9.17) is 65.9 Å². The molecular formula is C110H134N18O15. The van der Waals surface area contributed by atoms with Crippen molar-refractivity contribution in [3.8, 4) is 40.4 Å². The van der Waals surface area contributed by atoms with Gasteiger partial charge in [-0.25, -0.2) is 33.2 Å². The third-order valence-electron chi connectivity index (χ3n) is 23.5. The highest BCUT2D eigenvalue weighted by atomic mass is 16.5. The molecule has 16 rings (SSSR count). The molecule has 0 unspecified atom stereocenters. The number of Topliss-reactive ketones (excluding diaryl/α,β-unsaturated/α-hetero) is 3. The SMILES string of the molecule is CC(=O)c1ccc(-n2nc(C(C)(C)C)cc2N)cc1.CC(=O)c1ccc(-n2nc(C(C)(C)C)cc2NC(=O)Nc2ccc(OCCN3CCOCC3)c3ccccc23)cc1.CC(C)(C)C(=O)CC#N.CC(C)(C)c1cc(NC(=O)Nc2ccc(OCCN3CCOCC3)c3ccccc23)n(-c2ccc(C(=O)O)cc2)n1.CCOC(=O)c1ccc(NN)cc1.Nc1ccc(OCCN2CCOCC2)c2ccccc12. The van der Waals surface area contributed by atoms with Crippen LogP contribution in [0.25, 0.3) is 49.4 Å². The van der Waals surface area contributed by atoms with Crippen LogP contribution in [-0.2, 0) is 40.0 Å². The number of aromatic carboxylic acids is 1. The van der Waals surface area contributed by atoms with E-state index in [0.717, 1.165) is 188 Å². The van der Waals surface area contributed by atoms with Crippen molar-refractivity contribution in [3.63, 3.8) is 0 Å². The average Bonchev–Trinajstić information content (AvgIpc) is 1.78. The molecule has 0 atom stereocenters. The molecule has 3 fully saturated rings. The number of ketones is 3. The van der Waals surface area contributed by atoms with Crippen LogP contribution in [0.1, 0.15) is 169 Å². The number of anilines is 7. The largest absolute Gasteiger partial charge is 0.492 e. The summed E-state index contributed by atoms with van der Waals surface area (Å²) in [6, 6.07) is 69.3. The topological polar surface area (TPSA) is 430 Å². The van der Waals surface area contributed by atoms with Crippen LogP contribution in [0.3, 0.4) is 0 Å². The summed E-state index contributed by atoms with van der Waals surface area (Å²) in [5.74, 6) is 7.92. The van der Waals surface area contributed by atoms with Crippen molar-refractivity contribution in [1.82, 2.24) is 44.0 Å². The Morgan fingerprint density at radius 2 is 0.755 bits per heavy atom. The van der Waals surface area contributed by atoms with Crippen molar-refractivity contribution >= 4 is 114 Å². The van der Waals surface area contributed by atoms with Gasteiger partial charge in [-0.1, -0.05) is 156 Å². The molecule has 0 bridgehead atoms. The molecule has 6 heterocycles. The molecule has 0 saturated carbocycles. The van der Waals surface area contributed by atoms with E-state index in [1.165, 1.54) is 19.1 Å². The first-order valence-electron chi connectivity index (χ1n) is 47.8. The van der Waals surface area contributed by atoms with E-state index in [0.29, 0.717) is 77.6 Å². The van der Waals surface area contributed by atoms with Crippen LogP contribution < -0.4 is 58.2 Å². The van der Waals surface area contributed by atoms with Crippen molar-refractivity contribution < 1.29 is 71.8 Å². The molecule has 4 amide bonds. The van der Waals surface area contributed by atoms with E-state index >= 15 is 0 Å². The Hall–Kier alpha value is -14.9. The number of carboxylic acid groups (broad SMARTS) is 1. The summed E-state index contributed by atoms with van der Waals surface area (Å²) in [5.41, 5.74) is 23.2. The maximum Gasteiger partial charge on any atom is 0.338 e. The predicted octanol–water partition coefficient (Wildman–Crippen LogP) is 19.0. The molecule has 3 aromatic heterocycles. The first-order chi connectivity index (χ1) is 68.3. The number of hydrogen-bond donors (Lipinski definition) is 9. The molecule has 3 aliphatic rings. The summed E-state index contributed by atoms with van der Waals surface area (Å²) < 4.78 is 44.2. The van der Waals surface area contributed by atoms with Crippen LogP contribution in [-0.4, -0.2) is 215 Å². The van der Waals surface area contributed by atoms with Crippen LogP contribution in [0.2, 0.25) is 0 Å². The number of carboxylic acids is 1. The number of nitrogens with two attached hydrogens (primary N) is 3. The number of aromatic nitrogens is 6. The average molecular weight is 1950 g/mol. The zero-order valence-corrected chi connectivity index (χ0v) is 84.4. The Kier molecular flexibility index (Phi) is 38.7. The minimum Gasteiger partial charge on any atom is -0.492 e. The number of hydrazine groups is 1. The maximum absolute atomic E-state index is 13.3. The Balaban J connectivity index is 0.000000176. The number of fused-ring (bicyclic) bond motifs is 3. The number of nitrogens with one attached hydrogen (secondary N) is 5. The van der Waals surface area contributed by atoms with Crippen molar-refractivity contribution in [1.29, 1.82) is 5.26 Å². The zero-order chi connectivity index (χ0) is 103. The first-order valence-corrected chi connectivity index (χ1v) is 47.8. The van der Waals surface area contributed by atoms with Gasteiger partial charge in [0.25, 0.3) is 0 Å². The number of hydrogen-bond acceptors (Lipinski definition) is 25. The fraction of sp³-hybridized carbons (Fsp3) is 0.355. The second-order valence-corrected chi connectivity index (χ2v) is 38.4. The highest BCUT2D eigenvalue weighted by Crippen LogP contribution is 2.37. The van der Waals surface area contributed by atoms with Crippen LogP contribution in [0.4, 0.5) is 49.8 Å². The van der Waals surface area contributed by atoms with Gasteiger partial charge in [-0.15, -0.1) is 0 Å². The highest BCUT2D eigenvalue weighted by Gasteiger charge is 2.28. The molecule has 3 aliphatic heterocycles. The molecule has 754 valence electrons. The van der Waals surface area contributed by atoms with E-state index < -0.39 is 18.0 Å². The molecule has 33 heteroatoms. The standard InChI is InChI=1S/C32H37N5O4.C31H35N5O5.C16H20N2O2.C15H19N3O.C9H12N2O2.C7H11NO/c1-22(38)23-9-11-24(12-10-23)37-30(21-29(35-37)32(2,3)4)34-31(39)33-27-13-14-28(26-8-6-5-7-25(26)27)41-20-17-36-15-18-40-19-16-36;1-31(2,3)27-20-28(36(34-27)22-10-8-21(9-11-22)29(37)38)33-30(39)32-25-12-13-26(24-7-5-4-6-23(24)25)41-19-16-35-14-17-40-18-15-35;17-15-5-6-16(14-4-2-1-3-13(14)15)20-12-9-18-7-10-19-11-8-18;1-10(19)11-5-7-12(8-6-11)18-14(16)9-13(17-18)15(2,3)4;1-2-13-9(12)7-3-5-8(11-10)6-4-7;1-7(2,3)6(9)4-5-8/h5-14,21H,15-20H2,1-4H3,(H2,33,34,39);4-13,20H,14-19H2,1-3H3,(H,37,38)(H2,32,33,39);1-6H,7-12,17H2;5-9H,16H2,1-4H3;3-6,11H,2,10H2,1H3;4H2,1-3H3. The van der Waals surface area contributed by atoms with Gasteiger partial charge in [0.2, 0.25) is 0 Å². The summed E-state index contributed by atoms with van der Waals surface area (Å²) in [6.45, 7) is 44.0. The van der Waals surface area contributed by atoms with Gasteiger partial charge in [-0.3, -0.25) is 45.6 Å². The van der Waals surface area contributed by atoms with E-state index in [9.17, 15) is 38.7 Å². The molecule has 10 aromatic carbocycles. The molecule has 143 heavy (non-hydrogen) atoms. The lowest BCUT2D eigenvalue weighted by atomic mass is 9.89. The van der Waals surface area contributed by atoms with E-state index in [2.05, 4.69) is 94.1 Å². The summed E-state index contributed by atoms with van der Waals surface area (Å²) in [4.78, 5) is 89.9. The van der Waals surface area contributed by atoms with E-state index in [-0.39, 0.29) is 57.0 Å². The maximum atomic E-state index is 13.3. The van der Waals surface area contributed by atoms with E-state index in [1.54, 1.807) is 88.6 Å². The molecular weight excluding hydrogens is 1810 g/mol. The Labute approximate surface area is 835 Å². The fourth-order valence-corrected chi connectivity index (χ4v) is 15.0. The number of nitriles is 1. The minimum atomic E-state index is -1.01. The summed E-state index contributed by atoms with van der Waals surface area (Å²) in [5, 5.41) is 49.0. The highest BCUT2D eigenvalue weighted by molar-refractivity contribution is 6.09. The van der Waals surface area contributed by atoms with Crippen molar-refractivity contribution in [2.24, 2.45) is 11.3 Å². The van der Waals surface area contributed by atoms with Gasteiger partial charge in [0.15, 0.2) is 17.3 Å². The molecule has 0 spiro atoms. The zero-order valence-electron chi connectivity index (χ0n) is 84.4. The fourth-order valence-electron chi connectivity index (χ4n) is 15.0. The number of carbonyl (C=O) groups is 7. The molecule has 0 aliphatic carbocycles. The van der Waals surface area contributed by atoms with E-state index in [1.807, 2.05) is 193 Å². The smallest absolute Gasteiger partial charge is 0.338 e. The number of urea groups is 2. The molecule has 13 aromatic rings. The third-order valence-corrected chi connectivity index (χ3v) is 23.5. The summed E-state index contributed by atoms with van der Waals surface area (Å²) in [7, 11) is 0. The van der Waals surface area contributed by atoms with Gasteiger partial charge in [0.1, 0.15) is 54.5 Å². The van der Waals surface area contributed by atoms with Crippen molar-refractivity contribution in [3.05, 3.63) is 264 Å². The summed E-state index contributed by atoms with van der Waals surface area (Å²) >= 11 is 0. The lowest BCUT2D eigenvalue weighted by Crippen LogP contribution is -2.38. The normalized spacial score (nSPS) is 13.4. The quantitative estimate of drug-likeness (QED) is 0.00799. The van der Waals surface area contributed by atoms with Gasteiger partial charge < -0.3 is 65.8 Å². The number of ether oxygens (including phenoxy) is 7. The Morgan fingerprint density at radius 1 is 0.420 bits per heavy atom. The molecule has 12 N–H and O–H groups in total. The van der Waals surface area contributed by atoms with Gasteiger partial charge in [-0.05, 0) is 154 Å². The number of carbonyl (C=O) groups excluding carboxylic acids is 6. The number of nitrogen functional groups attached to an aromatic ring is 3. The first kappa shape index (κ1) is 109. The number of rotatable bonds is 26. The minimum absolute atomic E-state index is 0.00463. The molecule has 33 nitrogen and oxygen atoms in total. The second kappa shape index (κ2) is 51.0. The third kappa shape index (κ3) is 31.6. The van der Waals surface area contributed by atoms with Crippen LogP contribution in [0.5, 0.6) is 17.2 Å². The lowest BCUT2D eigenvalue weighted by molar-refractivity contribution is -0.125. The number of benzene rings is 10. The number of amides is 4. The van der Waals surface area contributed by atoms with Crippen LogP contribution in [0.15, 0.2) is 224 Å². The van der Waals surface area contributed by atoms with Gasteiger partial charge in [0.05, 0.1) is 115 Å². The molecule has 3 saturated heterocycles. The Bertz CT molecular complexity index is 6270. The van der Waals surface area contributed by atoms with Crippen LogP contribution >= 0.6 is 0 Å². The number of nitrogens with zero attached hydrogens (tertiary/aromatic N) is 10. The lowest BCUT2D eigenvalue weighted by Gasteiger charge is -2.26. The van der Waals surface area contributed by atoms with Gasteiger partial charge in [-0.2, -0.15) is 20.6 Å². The van der Waals surface area contributed by atoms with Crippen molar-refractivity contribution in [2.45, 2.75) is 127 Å². The second-order valence-electron chi connectivity index (χ2n) is 38.4. The summed E-state index contributed by atoms with van der Waals surface area (Å²) in [6.07, 6.45) is 0.0312. The Morgan fingerprint density at radius 3 is 1.09 bits per heavy atom. The van der Waals surface area contributed by atoms with Gasteiger partial charge in [0, 0.05) is 154 Å². The monoisotopic (exact) mass is 1950 g/mol. The van der Waals surface area contributed by atoms with Crippen LogP contribution in [0, 0.1) is 16.7 Å².